The average Bonchev–Trinajstić information content (AvgIpc) is 3.33. The van der Waals surface area contributed by atoms with Crippen LogP contribution >= 0.6 is 0 Å². The van der Waals surface area contributed by atoms with Crippen LogP contribution in [-0.4, -0.2) is 23.2 Å². The highest BCUT2D eigenvalue weighted by Crippen LogP contribution is 2.36. The number of nitrogens with zero attached hydrogens (tertiary/aromatic N) is 2. The number of hydrogen-bond donors (Lipinski definition) is 2. The number of hydrogen-bond acceptors (Lipinski definition) is 4. The number of carbonyl (C=O) groups is 1. The van der Waals surface area contributed by atoms with Crippen LogP contribution in [-0.2, 0) is 4.79 Å². The van der Waals surface area contributed by atoms with E-state index in [1.54, 1.807) is 19.2 Å². The quantitative estimate of drug-likeness (QED) is 0.303. The number of H-pyrrole nitrogens is 1. The monoisotopic (exact) mass is 410 g/mol. The molecule has 1 amide bonds. The van der Waals surface area contributed by atoms with Gasteiger partial charge in [0.2, 0.25) is 0 Å². The number of amides is 1. The summed E-state index contributed by atoms with van der Waals surface area (Å²) >= 11 is 0. The van der Waals surface area contributed by atoms with Crippen molar-refractivity contribution in [2.24, 2.45) is 0 Å². The SMILES string of the molecule is COc1ccc2c(c1)C(=Cc1ccc3c(C=Cc4cc[n+]([O-])cc4)n[nH]c3c1)C(=O)N2. The second kappa shape index (κ2) is 7.46. The summed E-state index contributed by atoms with van der Waals surface area (Å²) in [4.78, 5) is 12.5. The molecular weight excluding hydrogens is 392 g/mol. The molecule has 152 valence electrons. The second-order valence-electron chi connectivity index (χ2n) is 7.16. The zero-order valence-electron chi connectivity index (χ0n) is 16.6. The van der Waals surface area contributed by atoms with E-state index in [1.165, 1.54) is 12.4 Å². The number of nitrogens with one attached hydrogen (secondary N) is 2. The van der Waals surface area contributed by atoms with Crippen molar-refractivity contribution >= 4 is 46.3 Å². The molecule has 2 aromatic carbocycles. The van der Waals surface area contributed by atoms with E-state index in [0.717, 1.165) is 43.7 Å². The fraction of sp³-hybridized carbons (Fsp3) is 0.0417. The number of pyridine rings is 1. The first-order chi connectivity index (χ1) is 15.1. The second-order valence-corrected chi connectivity index (χ2v) is 7.16. The molecule has 0 spiro atoms. The van der Waals surface area contributed by atoms with Gasteiger partial charge < -0.3 is 15.3 Å². The van der Waals surface area contributed by atoms with Crippen LogP contribution in [0.5, 0.6) is 5.75 Å². The highest BCUT2D eigenvalue weighted by Gasteiger charge is 2.24. The Labute approximate surface area is 177 Å². The molecule has 0 atom stereocenters. The van der Waals surface area contributed by atoms with Crippen molar-refractivity contribution in [3.8, 4) is 5.75 Å². The maximum Gasteiger partial charge on any atom is 0.256 e. The summed E-state index contributed by atoms with van der Waals surface area (Å²) in [5, 5.41) is 22.4. The van der Waals surface area contributed by atoms with Crippen molar-refractivity contribution < 1.29 is 14.3 Å². The van der Waals surface area contributed by atoms with Gasteiger partial charge in [0.1, 0.15) is 5.75 Å². The number of ether oxygens (including phenoxy) is 1. The minimum atomic E-state index is -0.140. The normalized spacial score (nSPS) is 14.4. The summed E-state index contributed by atoms with van der Waals surface area (Å²) in [5.41, 5.74) is 5.63. The average molecular weight is 410 g/mol. The fourth-order valence-electron chi connectivity index (χ4n) is 3.59. The molecule has 0 fully saturated rings. The lowest BCUT2D eigenvalue weighted by molar-refractivity contribution is -0.605. The van der Waals surface area contributed by atoms with E-state index in [2.05, 4.69) is 15.5 Å². The molecule has 5 rings (SSSR count). The van der Waals surface area contributed by atoms with Gasteiger partial charge in [0.25, 0.3) is 5.91 Å². The fourth-order valence-corrected chi connectivity index (χ4v) is 3.59. The Kier molecular flexibility index (Phi) is 4.48. The third-order valence-corrected chi connectivity index (χ3v) is 5.20. The van der Waals surface area contributed by atoms with Crippen molar-refractivity contribution in [1.82, 2.24) is 10.2 Å². The van der Waals surface area contributed by atoms with Crippen molar-refractivity contribution in [1.29, 1.82) is 0 Å². The van der Waals surface area contributed by atoms with E-state index in [9.17, 15) is 10.0 Å². The minimum absolute atomic E-state index is 0.140. The molecule has 0 bridgehead atoms. The number of fused-ring (bicyclic) bond motifs is 2. The van der Waals surface area contributed by atoms with Gasteiger partial charge in [0.15, 0.2) is 12.4 Å². The molecule has 0 aliphatic carbocycles. The van der Waals surface area contributed by atoms with Crippen LogP contribution in [0.3, 0.4) is 0 Å². The molecule has 0 saturated carbocycles. The Morgan fingerprint density at radius 3 is 2.68 bits per heavy atom. The van der Waals surface area contributed by atoms with Crippen molar-refractivity contribution in [3.63, 3.8) is 0 Å². The molecule has 7 heteroatoms. The maximum absolute atomic E-state index is 12.5. The van der Waals surface area contributed by atoms with E-state index in [-0.39, 0.29) is 5.91 Å². The molecule has 4 aromatic rings. The first-order valence-electron chi connectivity index (χ1n) is 9.67. The summed E-state index contributed by atoms with van der Waals surface area (Å²) in [7, 11) is 1.60. The number of anilines is 1. The molecule has 0 radical (unpaired) electrons. The first kappa shape index (κ1) is 18.6. The standard InChI is InChI=1S/C24H18N4O3/c1-31-17-4-7-21-19(14-17)20(24(29)25-21)12-16-2-5-18-22(26-27-23(18)13-16)6-3-15-8-10-28(30)11-9-15/h2-14H,1H3,(H,25,29)(H,26,27). The number of benzene rings is 2. The number of aromatic nitrogens is 3. The van der Waals surface area contributed by atoms with Gasteiger partial charge in [-0.15, -0.1) is 0 Å². The van der Waals surface area contributed by atoms with Gasteiger partial charge in [0, 0.05) is 34.3 Å². The van der Waals surface area contributed by atoms with Crippen molar-refractivity contribution in [2.45, 2.75) is 0 Å². The molecule has 31 heavy (non-hydrogen) atoms. The maximum atomic E-state index is 12.5. The lowest BCUT2D eigenvalue weighted by Gasteiger charge is -2.03. The predicted molar refractivity (Wildman–Crippen MR) is 120 cm³/mol. The van der Waals surface area contributed by atoms with E-state index >= 15 is 0 Å². The van der Waals surface area contributed by atoms with Gasteiger partial charge in [0.05, 0.1) is 18.3 Å². The number of rotatable bonds is 4. The summed E-state index contributed by atoms with van der Waals surface area (Å²) in [6.45, 7) is 0. The highest BCUT2D eigenvalue weighted by atomic mass is 16.5. The van der Waals surface area contributed by atoms with Gasteiger partial charge in [-0.3, -0.25) is 9.89 Å². The topological polar surface area (TPSA) is 93.9 Å². The van der Waals surface area contributed by atoms with Gasteiger partial charge >= 0.3 is 0 Å². The third-order valence-electron chi connectivity index (χ3n) is 5.20. The highest BCUT2D eigenvalue weighted by molar-refractivity contribution is 6.35. The Morgan fingerprint density at radius 2 is 1.87 bits per heavy atom. The zero-order valence-corrected chi connectivity index (χ0v) is 16.6. The molecular formula is C24H18N4O3. The molecule has 2 N–H and O–H groups in total. The Hall–Kier alpha value is -4.39. The molecule has 1 aliphatic heterocycles. The Morgan fingerprint density at radius 1 is 1.03 bits per heavy atom. The molecule has 3 heterocycles. The summed E-state index contributed by atoms with van der Waals surface area (Å²) in [6.07, 6.45) is 8.57. The van der Waals surface area contributed by atoms with Crippen LogP contribution < -0.4 is 14.8 Å². The van der Waals surface area contributed by atoms with Crippen LogP contribution in [0.2, 0.25) is 0 Å². The van der Waals surface area contributed by atoms with E-state index < -0.39 is 0 Å². The molecule has 2 aromatic heterocycles. The molecule has 0 saturated heterocycles. The van der Waals surface area contributed by atoms with E-state index in [4.69, 9.17) is 4.74 Å². The van der Waals surface area contributed by atoms with Crippen molar-refractivity contribution in [3.05, 3.63) is 88.5 Å². The van der Waals surface area contributed by atoms with Gasteiger partial charge in [-0.2, -0.15) is 9.83 Å². The third kappa shape index (κ3) is 3.53. The van der Waals surface area contributed by atoms with Crippen LogP contribution in [0.1, 0.15) is 22.4 Å². The van der Waals surface area contributed by atoms with Gasteiger partial charge in [-0.05, 0) is 53.6 Å². The molecule has 7 nitrogen and oxygen atoms in total. The number of methoxy groups -OCH3 is 1. The Bertz CT molecular complexity index is 1370. The smallest absolute Gasteiger partial charge is 0.256 e. The largest absolute Gasteiger partial charge is 0.619 e. The lowest BCUT2D eigenvalue weighted by Crippen LogP contribution is -2.23. The van der Waals surface area contributed by atoms with E-state index in [0.29, 0.717) is 11.3 Å². The summed E-state index contributed by atoms with van der Waals surface area (Å²) < 4.78 is 6.04. The number of carbonyl (C=O) groups excluding carboxylic acids is 1. The van der Waals surface area contributed by atoms with Gasteiger partial charge in [-0.1, -0.05) is 12.1 Å². The van der Waals surface area contributed by atoms with Crippen LogP contribution in [0.25, 0.3) is 34.7 Å². The molecule has 0 unspecified atom stereocenters. The Balaban J connectivity index is 1.47. The van der Waals surface area contributed by atoms with E-state index in [1.807, 2.05) is 54.6 Å². The van der Waals surface area contributed by atoms with Crippen molar-refractivity contribution in [2.75, 3.05) is 12.4 Å². The lowest BCUT2D eigenvalue weighted by atomic mass is 10.0. The first-order valence-corrected chi connectivity index (χ1v) is 9.67. The minimum Gasteiger partial charge on any atom is -0.619 e. The summed E-state index contributed by atoms with van der Waals surface area (Å²) in [5.74, 6) is 0.559. The van der Waals surface area contributed by atoms with Crippen LogP contribution in [0, 0.1) is 5.21 Å². The van der Waals surface area contributed by atoms with Crippen LogP contribution in [0.4, 0.5) is 5.69 Å². The number of aromatic amines is 1. The molecule has 1 aliphatic rings. The summed E-state index contributed by atoms with van der Waals surface area (Å²) in [6, 6.07) is 14.9. The van der Waals surface area contributed by atoms with Crippen LogP contribution in [0.15, 0.2) is 60.9 Å². The predicted octanol–water partition coefficient (Wildman–Crippen LogP) is 3.87. The van der Waals surface area contributed by atoms with Gasteiger partial charge in [-0.25, -0.2) is 0 Å². The zero-order chi connectivity index (χ0) is 21.4.